The normalized spacial score (nSPS) is 18.2. The lowest BCUT2D eigenvalue weighted by Gasteiger charge is -2.35. The minimum Gasteiger partial charge on any atom is -0.369 e. The molecule has 6 nitrogen and oxygen atoms in total. The maximum atomic E-state index is 11.8. The van der Waals surface area contributed by atoms with Gasteiger partial charge in [-0.3, -0.25) is 4.79 Å². The van der Waals surface area contributed by atoms with E-state index in [2.05, 4.69) is 58.6 Å². The monoisotopic (exact) mass is 345 g/mol. The Hall–Kier alpha value is -2.24. The van der Waals surface area contributed by atoms with Crippen molar-refractivity contribution < 1.29 is 4.79 Å². The van der Waals surface area contributed by atoms with E-state index in [1.807, 2.05) is 6.07 Å². The Balaban J connectivity index is 1.99. The molecule has 1 atom stereocenters. The highest BCUT2D eigenvalue weighted by Gasteiger charge is 2.21. The molecule has 0 aliphatic carbocycles. The number of rotatable bonds is 5. The zero-order valence-electron chi connectivity index (χ0n) is 15.8. The van der Waals surface area contributed by atoms with Gasteiger partial charge in [-0.1, -0.05) is 18.2 Å². The molecule has 25 heavy (non-hydrogen) atoms. The third-order valence-corrected chi connectivity index (χ3v) is 4.18. The number of hydrogen-bond donors (Lipinski definition) is 2. The van der Waals surface area contributed by atoms with E-state index in [1.54, 1.807) is 19.0 Å². The molecule has 1 aliphatic heterocycles. The summed E-state index contributed by atoms with van der Waals surface area (Å²) in [6.45, 7) is 6.31. The highest BCUT2D eigenvalue weighted by molar-refractivity contribution is 5.85. The van der Waals surface area contributed by atoms with Gasteiger partial charge in [-0.05, 0) is 38.8 Å². The first-order valence-corrected chi connectivity index (χ1v) is 9.03. The van der Waals surface area contributed by atoms with E-state index in [9.17, 15) is 4.79 Å². The maximum absolute atomic E-state index is 11.8. The number of nitrogens with one attached hydrogen (secondary N) is 2. The number of aliphatic imine (C=N–C) groups is 1. The Labute approximate surface area is 151 Å². The topological polar surface area (TPSA) is 60.0 Å². The van der Waals surface area contributed by atoms with Crippen LogP contribution in [-0.2, 0) is 4.79 Å². The fraction of sp³-hybridized carbons (Fsp3) is 0.579. The van der Waals surface area contributed by atoms with Crippen molar-refractivity contribution in [3.63, 3.8) is 0 Å². The first kappa shape index (κ1) is 19.1. The standard InChI is InChI=1S/C19H31N5O/c1-15(2)21-19(20-13-18(25)23(3)4)22-16-9-8-12-24(14-16)17-10-6-5-7-11-17/h5-7,10-11,15-16H,8-9,12-14H2,1-4H3,(H2,20,21,22). The van der Waals surface area contributed by atoms with Crippen LogP contribution in [-0.4, -0.2) is 62.6 Å². The van der Waals surface area contributed by atoms with E-state index in [0.717, 1.165) is 25.9 Å². The van der Waals surface area contributed by atoms with Gasteiger partial charge >= 0.3 is 0 Å². The molecule has 1 saturated heterocycles. The van der Waals surface area contributed by atoms with Gasteiger partial charge in [0, 0.05) is 45.0 Å². The second-order valence-corrected chi connectivity index (χ2v) is 7.02. The number of guanidine groups is 1. The van der Waals surface area contributed by atoms with Crippen LogP contribution >= 0.6 is 0 Å². The molecule has 2 rings (SSSR count). The summed E-state index contributed by atoms with van der Waals surface area (Å²) in [5.74, 6) is 0.713. The average Bonchev–Trinajstić information content (AvgIpc) is 2.60. The molecule has 0 saturated carbocycles. The number of carbonyl (C=O) groups excluding carboxylic acids is 1. The Morgan fingerprint density at radius 2 is 2.04 bits per heavy atom. The summed E-state index contributed by atoms with van der Waals surface area (Å²) in [5, 5.41) is 6.83. The largest absolute Gasteiger partial charge is 0.369 e. The molecule has 0 bridgehead atoms. The fourth-order valence-corrected chi connectivity index (χ4v) is 2.86. The van der Waals surface area contributed by atoms with Crippen LogP contribution in [0.15, 0.2) is 35.3 Å². The van der Waals surface area contributed by atoms with Crippen molar-refractivity contribution >= 4 is 17.6 Å². The Kier molecular flexibility index (Phi) is 7.10. The molecule has 138 valence electrons. The molecule has 6 heteroatoms. The van der Waals surface area contributed by atoms with Crippen LogP contribution in [0, 0.1) is 0 Å². The SMILES string of the molecule is CC(C)NC(=NCC(=O)N(C)C)NC1CCCN(c2ccccc2)C1. The summed E-state index contributed by atoms with van der Waals surface area (Å²) in [6.07, 6.45) is 2.24. The molecule has 1 aromatic rings. The van der Waals surface area contributed by atoms with E-state index in [1.165, 1.54) is 5.69 Å². The van der Waals surface area contributed by atoms with E-state index >= 15 is 0 Å². The lowest BCUT2D eigenvalue weighted by Crippen LogP contribution is -2.52. The fourth-order valence-electron chi connectivity index (χ4n) is 2.86. The van der Waals surface area contributed by atoms with Gasteiger partial charge in [0.2, 0.25) is 5.91 Å². The summed E-state index contributed by atoms with van der Waals surface area (Å²) in [4.78, 5) is 20.2. The van der Waals surface area contributed by atoms with Crippen molar-refractivity contribution in [2.75, 3.05) is 38.6 Å². The quantitative estimate of drug-likeness (QED) is 0.630. The van der Waals surface area contributed by atoms with Crippen LogP contribution < -0.4 is 15.5 Å². The van der Waals surface area contributed by atoms with Gasteiger partial charge in [-0.25, -0.2) is 4.99 Å². The number of hydrogen-bond acceptors (Lipinski definition) is 3. The van der Waals surface area contributed by atoms with Gasteiger partial charge in [-0.2, -0.15) is 0 Å². The van der Waals surface area contributed by atoms with E-state index in [-0.39, 0.29) is 18.5 Å². The van der Waals surface area contributed by atoms with E-state index < -0.39 is 0 Å². The summed E-state index contributed by atoms with van der Waals surface area (Å²) >= 11 is 0. The highest BCUT2D eigenvalue weighted by atomic mass is 16.2. The van der Waals surface area contributed by atoms with Gasteiger partial charge in [-0.15, -0.1) is 0 Å². The molecule has 2 N–H and O–H groups in total. The van der Waals surface area contributed by atoms with Crippen molar-refractivity contribution in [3.05, 3.63) is 30.3 Å². The van der Waals surface area contributed by atoms with Crippen LogP contribution in [0.1, 0.15) is 26.7 Å². The van der Waals surface area contributed by atoms with Gasteiger partial charge < -0.3 is 20.4 Å². The third-order valence-electron chi connectivity index (χ3n) is 4.18. The number of benzene rings is 1. The lowest BCUT2D eigenvalue weighted by molar-refractivity contribution is -0.127. The predicted molar refractivity (Wildman–Crippen MR) is 104 cm³/mol. The van der Waals surface area contributed by atoms with Crippen molar-refractivity contribution in [1.29, 1.82) is 0 Å². The molecular formula is C19H31N5O. The van der Waals surface area contributed by atoms with E-state index in [0.29, 0.717) is 12.0 Å². The molecule has 1 aliphatic rings. The summed E-state index contributed by atoms with van der Waals surface area (Å²) in [6, 6.07) is 11.1. The van der Waals surface area contributed by atoms with Crippen molar-refractivity contribution in [2.45, 2.75) is 38.8 Å². The Bertz CT molecular complexity index is 570. The van der Waals surface area contributed by atoms with Crippen LogP contribution in [0.2, 0.25) is 0 Å². The molecule has 1 heterocycles. The highest BCUT2D eigenvalue weighted by Crippen LogP contribution is 2.19. The zero-order valence-corrected chi connectivity index (χ0v) is 15.8. The van der Waals surface area contributed by atoms with Gasteiger partial charge in [0.25, 0.3) is 0 Å². The number of likely N-dealkylation sites (N-methyl/N-ethyl adjacent to an activating group) is 1. The minimum absolute atomic E-state index is 0.000544. The third kappa shape index (κ3) is 6.29. The molecule has 1 fully saturated rings. The van der Waals surface area contributed by atoms with E-state index in [4.69, 9.17) is 0 Å². The molecule has 1 unspecified atom stereocenters. The second kappa shape index (κ2) is 9.30. The summed E-state index contributed by atoms with van der Waals surface area (Å²) in [5.41, 5.74) is 1.26. The average molecular weight is 345 g/mol. The number of carbonyl (C=O) groups is 1. The summed E-state index contributed by atoms with van der Waals surface area (Å²) in [7, 11) is 3.50. The molecule has 0 spiro atoms. The van der Waals surface area contributed by atoms with Crippen LogP contribution in [0.4, 0.5) is 5.69 Å². The Morgan fingerprint density at radius 3 is 2.68 bits per heavy atom. The van der Waals surface area contributed by atoms with Gasteiger partial charge in [0.1, 0.15) is 6.54 Å². The number of amides is 1. The van der Waals surface area contributed by atoms with Crippen molar-refractivity contribution in [2.24, 2.45) is 4.99 Å². The van der Waals surface area contributed by atoms with Crippen LogP contribution in [0.25, 0.3) is 0 Å². The Morgan fingerprint density at radius 1 is 1.32 bits per heavy atom. The lowest BCUT2D eigenvalue weighted by atomic mass is 10.0. The number of anilines is 1. The minimum atomic E-state index is -0.000544. The first-order chi connectivity index (χ1) is 12.0. The smallest absolute Gasteiger partial charge is 0.243 e. The molecular weight excluding hydrogens is 314 g/mol. The number of para-hydroxylation sites is 1. The second-order valence-electron chi connectivity index (χ2n) is 7.02. The van der Waals surface area contributed by atoms with Crippen LogP contribution in [0.5, 0.6) is 0 Å². The number of nitrogens with zero attached hydrogens (tertiary/aromatic N) is 3. The van der Waals surface area contributed by atoms with Crippen molar-refractivity contribution in [1.82, 2.24) is 15.5 Å². The predicted octanol–water partition coefficient (Wildman–Crippen LogP) is 1.69. The number of piperidine rings is 1. The zero-order chi connectivity index (χ0) is 18.2. The van der Waals surface area contributed by atoms with Crippen LogP contribution in [0.3, 0.4) is 0 Å². The molecule has 1 aromatic carbocycles. The maximum Gasteiger partial charge on any atom is 0.243 e. The molecule has 0 radical (unpaired) electrons. The molecule has 0 aromatic heterocycles. The van der Waals surface area contributed by atoms with Gasteiger partial charge in [0.05, 0.1) is 0 Å². The van der Waals surface area contributed by atoms with Gasteiger partial charge in [0.15, 0.2) is 5.96 Å². The first-order valence-electron chi connectivity index (χ1n) is 9.03. The molecule has 1 amide bonds. The van der Waals surface area contributed by atoms with Crippen molar-refractivity contribution in [3.8, 4) is 0 Å². The summed E-state index contributed by atoms with van der Waals surface area (Å²) < 4.78 is 0.